The molecule has 3 aromatic rings. The predicted octanol–water partition coefficient (Wildman–Crippen LogP) is 5.53. The van der Waals surface area contributed by atoms with Crippen molar-refractivity contribution in [2.45, 2.75) is 13.3 Å². The summed E-state index contributed by atoms with van der Waals surface area (Å²) >= 11 is 6.45. The van der Waals surface area contributed by atoms with Crippen LogP contribution in [-0.4, -0.2) is 16.5 Å². The first-order valence-electron chi connectivity index (χ1n) is 9.54. The van der Waals surface area contributed by atoms with E-state index >= 15 is 4.39 Å². The number of aromatic nitrogens is 2. The molecule has 0 bridgehead atoms. The van der Waals surface area contributed by atoms with Gasteiger partial charge in [-0.25, -0.2) is 9.37 Å². The van der Waals surface area contributed by atoms with Crippen molar-refractivity contribution in [3.63, 3.8) is 0 Å². The van der Waals surface area contributed by atoms with Crippen LogP contribution in [0.2, 0.25) is 5.02 Å². The van der Waals surface area contributed by atoms with Crippen molar-refractivity contribution < 1.29 is 4.39 Å². The Labute approximate surface area is 184 Å². The normalized spacial score (nSPS) is 12.5. The smallest absolute Gasteiger partial charge is 0.229 e. The van der Waals surface area contributed by atoms with Crippen molar-refractivity contribution in [3.8, 4) is 18.4 Å². The van der Waals surface area contributed by atoms with Gasteiger partial charge in [-0.15, -0.1) is 6.42 Å². The lowest BCUT2D eigenvalue weighted by atomic mass is 10.1. The van der Waals surface area contributed by atoms with Crippen LogP contribution in [0.25, 0.3) is 6.08 Å². The lowest BCUT2D eigenvalue weighted by Gasteiger charge is -2.21. The Kier molecular flexibility index (Phi) is 5.58. The number of halogens is 2. The topological polar surface area (TPSA) is 64.8 Å². The molecule has 0 spiro atoms. The summed E-state index contributed by atoms with van der Waals surface area (Å²) in [7, 11) is 0. The van der Waals surface area contributed by atoms with Gasteiger partial charge in [0, 0.05) is 23.5 Å². The van der Waals surface area contributed by atoms with Gasteiger partial charge >= 0.3 is 0 Å². The van der Waals surface area contributed by atoms with E-state index < -0.39 is 5.82 Å². The van der Waals surface area contributed by atoms with E-state index in [-0.39, 0.29) is 10.7 Å². The van der Waals surface area contributed by atoms with Gasteiger partial charge in [0.2, 0.25) is 5.95 Å². The summed E-state index contributed by atoms with van der Waals surface area (Å²) in [4.78, 5) is 10.9. The molecule has 0 saturated carbocycles. The summed E-state index contributed by atoms with van der Waals surface area (Å²) in [5.74, 6) is 2.94. The van der Waals surface area contributed by atoms with Crippen LogP contribution in [0.15, 0.2) is 42.5 Å². The van der Waals surface area contributed by atoms with Crippen LogP contribution < -0.4 is 10.2 Å². The molecule has 5 nitrogen and oxygen atoms in total. The Hall–Kier alpha value is -3.87. The second-order valence-electron chi connectivity index (χ2n) is 6.98. The molecule has 1 aliphatic rings. The summed E-state index contributed by atoms with van der Waals surface area (Å²) < 4.78 is 15.0. The summed E-state index contributed by atoms with van der Waals surface area (Å²) in [6, 6.07) is 12.1. The lowest BCUT2D eigenvalue weighted by Crippen LogP contribution is -2.17. The molecule has 152 valence electrons. The minimum atomic E-state index is -0.449. The highest BCUT2D eigenvalue weighted by Gasteiger charge is 2.29. The Bertz CT molecular complexity index is 1250. The van der Waals surface area contributed by atoms with E-state index in [2.05, 4.69) is 27.3 Å². The minimum absolute atomic E-state index is 0.278. The van der Waals surface area contributed by atoms with E-state index in [9.17, 15) is 0 Å². The molecule has 0 amide bonds. The second-order valence-corrected chi connectivity index (χ2v) is 7.39. The predicted molar refractivity (Wildman–Crippen MR) is 121 cm³/mol. The monoisotopic (exact) mass is 429 g/mol. The maximum Gasteiger partial charge on any atom is 0.229 e. The highest BCUT2D eigenvalue weighted by molar-refractivity contribution is 6.33. The van der Waals surface area contributed by atoms with Gasteiger partial charge in [0.25, 0.3) is 0 Å². The third-order valence-corrected chi connectivity index (χ3v) is 5.27. The van der Waals surface area contributed by atoms with Gasteiger partial charge in [0.05, 0.1) is 22.3 Å². The Morgan fingerprint density at radius 3 is 2.71 bits per heavy atom. The maximum atomic E-state index is 15.0. The molecular weight excluding hydrogens is 413 g/mol. The first-order chi connectivity index (χ1) is 15.0. The van der Waals surface area contributed by atoms with E-state index in [1.165, 1.54) is 12.1 Å². The number of hydrogen-bond donors (Lipinski definition) is 1. The minimum Gasteiger partial charge on any atom is -0.324 e. The number of nitrogens with one attached hydrogen (secondary N) is 1. The van der Waals surface area contributed by atoms with Crippen LogP contribution in [0.5, 0.6) is 0 Å². The van der Waals surface area contributed by atoms with Crippen molar-refractivity contribution in [1.82, 2.24) is 9.97 Å². The number of benzene rings is 2. The molecular formula is C24H17ClFN5. The average molecular weight is 430 g/mol. The van der Waals surface area contributed by atoms with Crippen LogP contribution in [0.4, 0.5) is 27.5 Å². The molecule has 2 aromatic carbocycles. The van der Waals surface area contributed by atoms with Crippen molar-refractivity contribution in [1.29, 1.82) is 5.26 Å². The molecule has 1 N–H and O–H groups in total. The molecule has 0 saturated heterocycles. The van der Waals surface area contributed by atoms with Gasteiger partial charge in [0.1, 0.15) is 11.6 Å². The SMILES string of the molecule is C#C/C=C/c1cc(F)c(N2CCc3c(C)nc(Nc4ccc(C#N)cc4)nc32)c(Cl)c1. The number of nitriles is 1. The zero-order chi connectivity index (χ0) is 22.0. The number of aryl methyl sites for hydroxylation is 1. The standard InChI is InChI=1S/C24H17ClFN5/c1-3-4-5-17-12-20(25)22(21(26)13-17)31-11-10-19-15(2)28-24(30-23(19)31)29-18-8-6-16(14-27)7-9-18/h1,4-9,12-13H,10-11H2,2H3,(H,28,29,30)/b5-4+. The summed E-state index contributed by atoms with van der Waals surface area (Å²) in [6.45, 7) is 2.45. The highest BCUT2D eigenvalue weighted by atomic mass is 35.5. The number of terminal acetylenes is 1. The van der Waals surface area contributed by atoms with E-state index in [1.807, 2.05) is 6.92 Å². The quantitative estimate of drug-likeness (QED) is 0.552. The number of rotatable bonds is 4. The van der Waals surface area contributed by atoms with Gasteiger partial charge in [-0.3, -0.25) is 0 Å². The zero-order valence-corrected chi connectivity index (χ0v) is 17.4. The van der Waals surface area contributed by atoms with E-state index in [1.54, 1.807) is 41.3 Å². The summed E-state index contributed by atoms with van der Waals surface area (Å²) in [6.07, 6.45) is 9.04. The van der Waals surface area contributed by atoms with Crippen molar-refractivity contribution in [2.75, 3.05) is 16.8 Å². The Balaban J connectivity index is 1.70. The summed E-state index contributed by atoms with van der Waals surface area (Å²) in [5.41, 5.74) is 3.95. The Morgan fingerprint density at radius 1 is 1.26 bits per heavy atom. The maximum absolute atomic E-state index is 15.0. The molecule has 0 unspecified atom stereocenters. The molecule has 0 radical (unpaired) electrons. The number of hydrogen-bond acceptors (Lipinski definition) is 5. The molecule has 0 atom stereocenters. The number of allylic oxidation sites excluding steroid dienone is 1. The van der Waals surface area contributed by atoms with Gasteiger partial charge in [-0.2, -0.15) is 10.2 Å². The zero-order valence-electron chi connectivity index (χ0n) is 16.7. The van der Waals surface area contributed by atoms with Gasteiger partial charge in [-0.1, -0.05) is 17.5 Å². The fraction of sp³-hybridized carbons (Fsp3) is 0.125. The van der Waals surface area contributed by atoms with E-state index in [0.29, 0.717) is 35.9 Å². The number of anilines is 4. The number of nitrogens with zero attached hydrogens (tertiary/aromatic N) is 4. The fourth-order valence-electron chi connectivity index (χ4n) is 3.54. The highest BCUT2D eigenvalue weighted by Crippen LogP contribution is 2.40. The van der Waals surface area contributed by atoms with E-state index in [4.69, 9.17) is 23.3 Å². The Morgan fingerprint density at radius 2 is 2.03 bits per heavy atom. The number of fused-ring (bicyclic) bond motifs is 1. The average Bonchev–Trinajstić information content (AvgIpc) is 3.16. The molecule has 0 fully saturated rings. The first-order valence-corrected chi connectivity index (χ1v) is 9.92. The van der Waals surface area contributed by atoms with Gasteiger partial charge in [-0.05, 0) is 67.5 Å². The van der Waals surface area contributed by atoms with Gasteiger partial charge in [0.15, 0.2) is 0 Å². The van der Waals surface area contributed by atoms with Crippen LogP contribution in [-0.2, 0) is 6.42 Å². The first kappa shape index (κ1) is 20.4. The van der Waals surface area contributed by atoms with Crippen molar-refractivity contribution >= 4 is 40.8 Å². The molecule has 4 rings (SSSR count). The third kappa shape index (κ3) is 4.07. The molecule has 31 heavy (non-hydrogen) atoms. The fourth-order valence-corrected chi connectivity index (χ4v) is 3.86. The molecule has 2 heterocycles. The van der Waals surface area contributed by atoms with Crippen LogP contribution in [0.3, 0.4) is 0 Å². The molecule has 7 heteroatoms. The molecule has 1 aliphatic heterocycles. The summed E-state index contributed by atoms with van der Waals surface area (Å²) in [5, 5.41) is 12.4. The second kappa shape index (κ2) is 8.47. The van der Waals surface area contributed by atoms with Crippen molar-refractivity contribution in [3.05, 3.63) is 75.7 Å². The van der Waals surface area contributed by atoms with E-state index in [0.717, 1.165) is 16.9 Å². The van der Waals surface area contributed by atoms with Crippen molar-refractivity contribution in [2.24, 2.45) is 0 Å². The molecule has 0 aliphatic carbocycles. The van der Waals surface area contributed by atoms with Crippen LogP contribution in [0, 0.1) is 36.4 Å². The lowest BCUT2D eigenvalue weighted by molar-refractivity contribution is 0.625. The molecule has 1 aromatic heterocycles. The largest absolute Gasteiger partial charge is 0.324 e. The van der Waals surface area contributed by atoms with Crippen LogP contribution >= 0.6 is 11.6 Å². The van der Waals surface area contributed by atoms with Crippen LogP contribution in [0.1, 0.15) is 22.4 Å². The third-order valence-electron chi connectivity index (χ3n) is 4.98. The van der Waals surface area contributed by atoms with Gasteiger partial charge < -0.3 is 10.2 Å².